The molecule has 1 aliphatic heterocycles. The molecule has 3 nitrogen and oxygen atoms in total. The number of rotatable bonds is 4. The molecule has 0 aliphatic carbocycles. The minimum absolute atomic E-state index is 0.213. The van der Waals surface area contributed by atoms with Gasteiger partial charge in [-0.25, -0.2) is 0 Å². The standard InChI is InChI=1S/C14H19ClO3/c1-3-9(4-2)14(16)10-7-12-13(8-11(10)15)18-6-5-17-12/h7-9,14,16H,3-6H2,1-2H3. The summed E-state index contributed by atoms with van der Waals surface area (Å²) in [6, 6.07) is 3.54. The van der Waals surface area contributed by atoms with Gasteiger partial charge in [-0.05, 0) is 12.0 Å². The molecule has 1 atom stereocenters. The largest absolute Gasteiger partial charge is 0.486 e. The zero-order chi connectivity index (χ0) is 13.1. The number of hydrogen-bond acceptors (Lipinski definition) is 3. The lowest BCUT2D eigenvalue weighted by atomic mass is 9.91. The first-order valence-corrected chi connectivity index (χ1v) is 6.82. The van der Waals surface area contributed by atoms with Gasteiger partial charge in [0.15, 0.2) is 11.5 Å². The Labute approximate surface area is 113 Å². The molecule has 2 rings (SSSR count). The highest BCUT2D eigenvalue weighted by Gasteiger charge is 2.23. The number of ether oxygens (including phenoxy) is 2. The quantitative estimate of drug-likeness (QED) is 0.909. The molecule has 100 valence electrons. The predicted octanol–water partition coefficient (Wildman–Crippen LogP) is 3.58. The van der Waals surface area contributed by atoms with Crippen LogP contribution < -0.4 is 9.47 Å². The number of fused-ring (bicyclic) bond motifs is 1. The lowest BCUT2D eigenvalue weighted by molar-refractivity contribution is 0.102. The van der Waals surface area contributed by atoms with Crippen LogP contribution >= 0.6 is 11.6 Å². The Bertz CT molecular complexity index is 416. The Morgan fingerprint density at radius 1 is 1.17 bits per heavy atom. The summed E-state index contributed by atoms with van der Waals surface area (Å²) in [4.78, 5) is 0. The van der Waals surface area contributed by atoms with Crippen molar-refractivity contribution in [2.24, 2.45) is 5.92 Å². The molecule has 0 amide bonds. The van der Waals surface area contributed by atoms with Crippen molar-refractivity contribution in [3.8, 4) is 11.5 Å². The molecule has 0 saturated heterocycles. The van der Waals surface area contributed by atoms with Gasteiger partial charge in [0.25, 0.3) is 0 Å². The Kier molecular flexibility index (Phi) is 4.36. The summed E-state index contributed by atoms with van der Waals surface area (Å²) < 4.78 is 11.0. The van der Waals surface area contributed by atoms with Crippen molar-refractivity contribution in [1.82, 2.24) is 0 Å². The van der Waals surface area contributed by atoms with Crippen molar-refractivity contribution in [3.05, 3.63) is 22.7 Å². The van der Waals surface area contributed by atoms with Crippen LogP contribution in [0.15, 0.2) is 12.1 Å². The van der Waals surface area contributed by atoms with Gasteiger partial charge in [0, 0.05) is 11.6 Å². The molecule has 0 spiro atoms. The van der Waals surface area contributed by atoms with E-state index in [-0.39, 0.29) is 5.92 Å². The third kappa shape index (κ3) is 2.57. The minimum Gasteiger partial charge on any atom is -0.486 e. The van der Waals surface area contributed by atoms with Gasteiger partial charge in [0.2, 0.25) is 0 Å². The maximum absolute atomic E-state index is 10.4. The molecule has 1 aromatic rings. The smallest absolute Gasteiger partial charge is 0.162 e. The van der Waals surface area contributed by atoms with E-state index >= 15 is 0 Å². The number of aliphatic hydroxyl groups is 1. The number of hydrogen-bond donors (Lipinski definition) is 1. The topological polar surface area (TPSA) is 38.7 Å². The molecule has 0 fully saturated rings. The lowest BCUT2D eigenvalue weighted by Crippen LogP contribution is -2.17. The van der Waals surface area contributed by atoms with E-state index in [1.807, 2.05) is 0 Å². The Morgan fingerprint density at radius 3 is 2.28 bits per heavy atom. The SMILES string of the molecule is CCC(CC)C(O)c1cc2c(cc1Cl)OCCO2. The van der Waals surface area contributed by atoms with E-state index in [0.717, 1.165) is 18.4 Å². The van der Waals surface area contributed by atoms with Crippen molar-refractivity contribution < 1.29 is 14.6 Å². The fourth-order valence-corrected chi connectivity index (χ4v) is 2.56. The first-order valence-electron chi connectivity index (χ1n) is 6.44. The summed E-state index contributed by atoms with van der Waals surface area (Å²) in [5.74, 6) is 1.54. The number of benzene rings is 1. The van der Waals surface area contributed by atoms with Crippen LogP contribution in [0.3, 0.4) is 0 Å². The number of aliphatic hydroxyl groups excluding tert-OH is 1. The second-order valence-corrected chi connectivity index (χ2v) is 4.95. The molecule has 4 heteroatoms. The molecule has 0 saturated carbocycles. The van der Waals surface area contributed by atoms with Crippen molar-refractivity contribution in [2.45, 2.75) is 32.8 Å². The highest BCUT2D eigenvalue weighted by molar-refractivity contribution is 6.31. The van der Waals surface area contributed by atoms with Crippen molar-refractivity contribution in [2.75, 3.05) is 13.2 Å². The maximum atomic E-state index is 10.4. The normalized spacial score (nSPS) is 15.8. The van der Waals surface area contributed by atoms with Gasteiger partial charge >= 0.3 is 0 Å². The van der Waals surface area contributed by atoms with Crippen LogP contribution in [-0.4, -0.2) is 18.3 Å². The van der Waals surface area contributed by atoms with E-state index in [2.05, 4.69) is 13.8 Å². The highest BCUT2D eigenvalue weighted by atomic mass is 35.5. The molecular formula is C14H19ClO3. The van der Waals surface area contributed by atoms with Gasteiger partial charge in [0.1, 0.15) is 13.2 Å². The second kappa shape index (κ2) is 5.81. The van der Waals surface area contributed by atoms with E-state index < -0.39 is 6.10 Å². The Balaban J connectivity index is 2.32. The van der Waals surface area contributed by atoms with Crippen LogP contribution in [0.2, 0.25) is 5.02 Å². The van der Waals surface area contributed by atoms with E-state index in [4.69, 9.17) is 21.1 Å². The van der Waals surface area contributed by atoms with Crippen LogP contribution in [0.25, 0.3) is 0 Å². The molecule has 1 heterocycles. The van der Waals surface area contributed by atoms with Crippen molar-refractivity contribution in [3.63, 3.8) is 0 Å². The third-order valence-electron chi connectivity index (χ3n) is 3.48. The third-order valence-corrected chi connectivity index (χ3v) is 3.80. The zero-order valence-corrected chi connectivity index (χ0v) is 11.5. The van der Waals surface area contributed by atoms with Gasteiger partial charge in [-0.15, -0.1) is 0 Å². The van der Waals surface area contributed by atoms with E-state index in [9.17, 15) is 5.11 Å². The molecule has 1 aliphatic rings. The van der Waals surface area contributed by atoms with Crippen molar-refractivity contribution in [1.29, 1.82) is 0 Å². The fraction of sp³-hybridized carbons (Fsp3) is 0.571. The molecule has 0 aromatic heterocycles. The summed E-state index contributed by atoms with van der Waals surface area (Å²) in [7, 11) is 0. The highest BCUT2D eigenvalue weighted by Crippen LogP contribution is 2.40. The van der Waals surface area contributed by atoms with Gasteiger partial charge in [0.05, 0.1) is 11.1 Å². The lowest BCUT2D eigenvalue weighted by Gasteiger charge is -2.24. The molecule has 1 N–H and O–H groups in total. The first kappa shape index (κ1) is 13.5. The van der Waals surface area contributed by atoms with Crippen LogP contribution in [0.4, 0.5) is 0 Å². The summed E-state index contributed by atoms with van der Waals surface area (Å²) in [6.45, 7) is 5.22. The number of halogens is 1. The summed E-state index contributed by atoms with van der Waals surface area (Å²) in [5, 5.41) is 10.9. The second-order valence-electron chi connectivity index (χ2n) is 4.54. The van der Waals surface area contributed by atoms with Gasteiger partial charge < -0.3 is 14.6 Å². The molecule has 18 heavy (non-hydrogen) atoms. The molecular weight excluding hydrogens is 252 g/mol. The van der Waals surface area contributed by atoms with Gasteiger partial charge in [-0.2, -0.15) is 0 Å². The van der Waals surface area contributed by atoms with Crippen molar-refractivity contribution >= 4 is 11.6 Å². The maximum Gasteiger partial charge on any atom is 0.162 e. The average molecular weight is 271 g/mol. The molecule has 0 radical (unpaired) electrons. The Morgan fingerprint density at radius 2 is 1.72 bits per heavy atom. The van der Waals surface area contributed by atoms with E-state index in [1.165, 1.54) is 0 Å². The summed E-state index contributed by atoms with van der Waals surface area (Å²) in [6.07, 6.45) is 1.29. The van der Waals surface area contributed by atoms with E-state index in [1.54, 1.807) is 12.1 Å². The first-order chi connectivity index (χ1) is 8.67. The monoisotopic (exact) mass is 270 g/mol. The average Bonchev–Trinajstić information content (AvgIpc) is 2.39. The fourth-order valence-electron chi connectivity index (χ4n) is 2.30. The summed E-state index contributed by atoms with van der Waals surface area (Å²) >= 11 is 6.22. The summed E-state index contributed by atoms with van der Waals surface area (Å²) in [5.41, 5.74) is 0.731. The van der Waals surface area contributed by atoms with Crippen LogP contribution in [0.1, 0.15) is 38.4 Å². The molecule has 1 aromatic carbocycles. The van der Waals surface area contributed by atoms with Gasteiger partial charge in [-0.1, -0.05) is 38.3 Å². The van der Waals surface area contributed by atoms with Gasteiger partial charge in [-0.3, -0.25) is 0 Å². The zero-order valence-electron chi connectivity index (χ0n) is 10.8. The predicted molar refractivity (Wildman–Crippen MR) is 71.5 cm³/mol. The van der Waals surface area contributed by atoms with Crippen LogP contribution in [0, 0.1) is 5.92 Å². The minimum atomic E-state index is -0.552. The molecule has 0 bridgehead atoms. The van der Waals surface area contributed by atoms with E-state index in [0.29, 0.717) is 29.7 Å². The Hall–Kier alpha value is -0.930. The van der Waals surface area contributed by atoms with Crippen LogP contribution in [-0.2, 0) is 0 Å². The van der Waals surface area contributed by atoms with Crippen LogP contribution in [0.5, 0.6) is 11.5 Å². The molecule has 1 unspecified atom stereocenters.